The molecule has 8 heteroatoms. The third kappa shape index (κ3) is 5.71. The molecular weight excluding hydrogens is 474 g/mol. The molecule has 2 aliphatic rings. The Morgan fingerprint density at radius 3 is 2.64 bits per heavy atom. The van der Waals surface area contributed by atoms with E-state index in [-0.39, 0.29) is 47.3 Å². The number of hydrogen-bond acceptors (Lipinski definition) is 3. The zero-order valence-corrected chi connectivity index (χ0v) is 18.9. The maximum absolute atomic E-state index is 13.6. The van der Waals surface area contributed by atoms with Gasteiger partial charge in [0, 0.05) is 31.1 Å². The van der Waals surface area contributed by atoms with E-state index in [9.17, 15) is 9.18 Å². The third-order valence-electron chi connectivity index (χ3n) is 5.44. The largest absolute Gasteiger partial charge is 0.453 e. The minimum Gasteiger partial charge on any atom is -0.453 e. The lowest BCUT2D eigenvalue weighted by molar-refractivity contribution is 0.111. The zero-order valence-electron chi connectivity index (χ0n) is 16.5. The van der Waals surface area contributed by atoms with Crippen molar-refractivity contribution in [1.29, 1.82) is 0 Å². The van der Waals surface area contributed by atoms with Gasteiger partial charge in [-0.2, -0.15) is 0 Å². The van der Waals surface area contributed by atoms with Gasteiger partial charge in [0.25, 0.3) is 0 Å². The zero-order chi connectivity index (χ0) is 19.3. The number of nitrogens with zero attached hydrogens (tertiary/aromatic N) is 2. The molecule has 1 aliphatic heterocycles. The van der Waals surface area contributed by atoms with E-state index in [0.717, 1.165) is 43.8 Å². The summed E-state index contributed by atoms with van der Waals surface area (Å²) in [5.41, 5.74) is 1.01. The number of ether oxygens (including phenoxy) is 1. The second kappa shape index (κ2) is 10.3. The van der Waals surface area contributed by atoms with Crippen LogP contribution in [0.25, 0.3) is 0 Å². The van der Waals surface area contributed by atoms with Crippen molar-refractivity contribution in [1.82, 2.24) is 15.5 Å². The molecule has 1 saturated heterocycles. The highest BCUT2D eigenvalue weighted by atomic mass is 127. The number of piperidine rings is 1. The van der Waals surface area contributed by atoms with Gasteiger partial charge < -0.3 is 20.3 Å². The van der Waals surface area contributed by atoms with Crippen LogP contribution >= 0.6 is 24.0 Å². The van der Waals surface area contributed by atoms with E-state index in [0.29, 0.717) is 19.6 Å². The topological polar surface area (TPSA) is 66.0 Å². The van der Waals surface area contributed by atoms with E-state index in [1.807, 2.05) is 13.0 Å². The molecule has 3 rings (SSSR count). The van der Waals surface area contributed by atoms with Gasteiger partial charge in [0.1, 0.15) is 5.82 Å². The van der Waals surface area contributed by atoms with Gasteiger partial charge in [-0.15, -0.1) is 24.0 Å². The highest BCUT2D eigenvalue weighted by Gasteiger charge is 2.44. The molecule has 0 bridgehead atoms. The summed E-state index contributed by atoms with van der Waals surface area (Å²) < 4.78 is 18.4. The molecular formula is C20H30FIN4O2. The summed E-state index contributed by atoms with van der Waals surface area (Å²) >= 11 is 0. The fourth-order valence-corrected chi connectivity index (χ4v) is 3.59. The molecule has 1 amide bonds. The van der Waals surface area contributed by atoms with Crippen LogP contribution in [0, 0.1) is 5.82 Å². The van der Waals surface area contributed by atoms with Crippen molar-refractivity contribution in [2.45, 2.75) is 44.1 Å². The van der Waals surface area contributed by atoms with Crippen molar-refractivity contribution < 1.29 is 13.9 Å². The Kier molecular flexibility index (Phi) is 8.33. The van der Waals surface area contributed by atoms with E-state index in [1.165, 1.54) is 13.2 Å². The number of benzene rings is 1. The Morgan fingerprint density at radius 1 is 1.36 bits per heavy atom. The molecule has 156 valence electrons. The van der Waals surface area contributed by atoms with Gasteiger partial charge in [-0.05, 0) is 50.3 Å². The molecule has 0 unspecified atom stereocenters. The SMILES string of the molecule is CCNC(=NCC1(c2cccc(F)c2)CC1)NC1CCN(C(=O)OC)CC1.I. The number of carbonyl (C=O) groups excluding carboxylic acids is 1. The lowest BCUT2D eigenvalue weighted by atomic mass is 9.96. The molecule has 2 fully saturated rings. The van der Waals surface area contributed by atoms with Crippen LogP contribution in [0.15, 0.2) is 29.3 Å². The summed E-state index contributed by atoms with van der Waals surface area (Å²) in [7, 11) is 1.41. The van der Waals surface area contributed by atoms with E-state index in [4.69, 9.17) is 9.73 Å². The van der Waals surface area contributed by atoms with Crippen molar-refractivity contribution in [3.63, 3.8) is 0 Å². The van der Waals surface area contributed by atoms with Crippen LogP contribution in [-0.4, -0.2) is 56.3 Å². The minimum atomic E-state index is -0.264. The van der Waals surface area contributed by atoms with Crippen LogP contribution in [0.4, 0.5) is 9.18 Å². The van der Waals surface area contributed by atoms with Crippen molar-refractivity contribution in [3.05, 3.63) is 35.6 Å². The first-order chi connectivity index (χ1) is 13.1. The van der Waals surface area contributed by atoms with Crippen LogP contribution in [0.1, 0.15) is 38.2 Å². The number of halogens is 2. The lowest BCUT2D eigenvalue weighted by Gasteiger charge is -2.32. The quantitative estimate of drug-likeness (QED) is 0.367. The molecule has 0 radical (unpaired) electrons. The number of amides is 1. The summed E-state index contributed by atoms with van der Waals surface area (Å²) in [6.45, 7) is 4.82. The first-order valence-electron chi connectivity index (χ1n) is 9.70. The van der Waals surface area contributed by atoms with E-state index >= 15 is 0 Å². The molecule has 6 nitrogen and oxygen atoms in total. The Hall–Kier alpha value is -1.58. The number of guanidine groups is 1. The first kappa shape index (κ1) is 22.7. The molecule has 1 aromatic rings. The standard InChI is InChI=1S/C20H29FN4O2.HI/c1-3-22-18(24-17-7-11-25(12-8-17)19(26)27-2)23-14-20(9-10-20)15-5-4-6-16(21)13-15;/h4-6,13,17H,3,7-12,14H2,1-2H3,(H2,22,23,24);1H. The number of rotatable bonds is 5. The van der Waals surface area contributed by atoms with Gasteiger partial charge in [-0.1, -0.05) is 12.1 Å². The summed E-state index contributed by atoms with van der Waals surface area (Å²) in [5, 5.41) is 6.78. The Labute approximate surface area is 183 Å². The van der Waals surface area contributed by atoms with E-state index < -0.39 is 0 Å². The molecule has 2 N–H and O–H groups in total. The predicted molar refractivity (Wildman–Crippen MR) is 119 cm³/mol. The van der Waals surface area contributed by atoms with Crippen LogP contribution in [-0.2, 0) is 10.2 Å². The van der Waals surface area contributed by atoms with Gasteiger partial charge >= 0.3 is 6.09 Å². The van der Waals surface area contributed by atoms with E-state index in [2.05, 4.69) is 10.6 Å². The maximum atomic E-state index is 13.6. The van der Waals surface area contributed by atoms with Crippen LogP contribution in [0.2, 0.25) is 0 Å². The minimum absolute atomic E-state index is 0. The smallest absolute Gasteiger partial charge is 0.409 e. The number of aliphatic imine (C=N–C) groups is 1. The van der Waals surface area contributed by atoms with Crippen molar-refractivity contribution in [3.8, 4) is 0 Å². The van der Waals surface area contributed by atoms with Crippen LogP contribution < -0.4 is 10.6 Å². The Bertz CT molecular complexity index is 689. The Balaban J connectivity index is 0.00000280. The first-order valence-corrected chi connectivity index (χ1v) is 9.70. The highest BCUT2D eigenvalue weighted by Crippen LogP contribution is 2.48. The van der Waals surface area contributed by atoms with Crippen LogP contribution in [0.3, 0.4) is 0 Å². The summed E-state index contributed by atoms with van der Waals surface area (Å²) in [6.07, 6.45) is 3.52. The lowest BCUT2D eigenvalue weighted by Crippen LogP contribution is -2.50. The summed E-state index contributed by atoms with van der Waals surface area (Å²) in [4.78, 5) is 18.1. The molecule has 1 aromatic carbocycles. The fourth-order valence-electron chi connectivity index (χ4n) is 3.59. The normalized spacial score (nSPS) is 18.8. The molecule has 1 saturated carbocycles. The molecule has 1 aliphatic carbocycles. The molecule has 0 spiro atoms. The second-order valence-corrected chi connectivity index (χ2v) is 7.36. The number of carbonyl (C=O) groups is 1. The Morgan fingerprint density at radius 2 is 2.07 bits per heavy atom. The van der Waals surface area contributed by atoms with Gasteiger partial charge in [0.05, 0.1) is 13.7 Å². The average molecular weight is 504 g/mol. The van der Waals surface area contributed by atoms with Crippen molar-refractivity contribution >= 4 is 36.0 Å². The van der Waals surface area contributed by atoms with Crippen molar-refractivity contribution in [2.24, 2.45) is 4.99 Å². The number of methoxy groups -OCH3 is 1. The van der Waals surface area contributed by atoms with Gasteiger partial charge in [0.2, 0.25) is 0 Å². The molecule has 0 aromatic heterocycles. The van der Waals surface area contributed by atoms with Crippen LogP contribution in [0.5, 0.6) is 0 Å². The monoisotopic (exact) mass is 504 g/mol. The third-order valence-corrected chi connectivity index (χ3v) is 5.44. The van der Waals surface area contributed by atoms with Gasteiger partial charge in [-0.25, -0.2) is 9.18 Å². The van der Waals surface area contributed by atoms with Crippen molar-refractivity contribution in [2.75, 3.05) is 33.3 Å². The number of likely N-dealkylation sites (tertiary alicyclic amines) is 1. The predicted octanol–water partition coefficient (Wildman–Crippen LogP) is 3.26. The average Bonchev–Trinajstić information content (AvgIpc) is 3.47. The molecule has 28 heavy (non-hydrogen) atoms. The summed E-state index contributed by atoms with van der Waals surface area (Å²) in [6, 6.07) is 7.15. The fraction of sp³-hybridized carbons (Fsp3) is 0.600. The number of hydrogen-bond donors (Lipinski definition) is 2. The number of nitrogens with one attached hydrogen (secondary N) is 2. The maximum Gasteiger partial charge on any atom is 0.409 e. The summed E-state index contributed by atoms with van der Waals surface area (Å²) in [5.74, 6) is 0.599. The second-order valence-electron chi connectivity index (χ2n) is 7.36. The van der Waals surface area contributed by atoms with Gasteiger partial charge in [-0.3, -0.25) is 4.99 Å². The molecule has 1 heterocycles. The van der Waals surface area contributed by atoms with E-state index in [1.54, 1.807) is 17.0 Å². The van der Waals surface area contributed by atoms with Gasteiger partial charge in [0.15, 0.2) is 5.96 Å². The highest BCUT2D eigenvalue weighted by molar-refractivity contribution is 14.0. The molecule has 0 atom stereocenters.